The van der Waals surface area contributed by atoms with E-state index in [2.05, 4.69) is 17.2 Å². The van der Waals surface area contributed by atoms with E-state index in [9.17, 15) is 4.79 Å². The van der Waals surface area contributed by atoms with E-state index in [0.717, 1.165) is 26.1 Å². The number of hydrogen-bond donors (Lipinski definition) is 2. The van der Waals surface area contributed by atoms with Gasteiger partial charge in [-0.2, -0.15) is 0 Å². The topological polar surface area (TPSA) is 55.1 Å². The summed E-state index contributed by atoms with van der Waals surface area (Å²) in [5.74, 6) is 5.73. The fraction of sp³-hybridized carbons (Fsp3) is 0.267. The van der Waals surface area contributed by atoms with Gasteiger partial charge in [-0.15, -0.1) is 22.7 Å². The second-order valence-corrected chi connectivity index (χ2v) is 7.19. The fourth-order valence-corrected chi connectivity index (χ4v) is 3.77. The lowest BCUT2D eigenvalue weighted by atomic mass is 10.2. The molecular formula is C15H15ClN2OS2. The smallest absolute Gasteiger partial charge is 0.261 e. The van der Waals surface area contributed by atoms with Gasteiger partial charge in [-0.1, -0.05) is 23.4 Å². The van der Waals surface area contributed by atoms with Crippen molar-refractivity contribution in [1.29, 1.82) is 0 Å². The van der Waals surface area contributed by atoms with Crippen LogP contribution in [0.5, 0.6) is 0 Å². The third-order valence-electron chi connectivity index (χ3n) is 2.73. The Morgan fingerprint density at radius 1 is 1.43 bits per heavy atom. The molecule has 1 amide bonds. The standard InChI is InChI=1S/C15H15ClN2OS2/c1-10-9-13(21-12(10)3-2-7-17)15(19)18-8-6-11-4-5-14(16)20-11/h4-5,9H,6-8,17H2,1H3,(H,18,19). The molecule has 0 aromatic carbocycles. The number of amides is 1. The molecule has 0 spiro atoms. The molecule has 3 N–H and O–H groups in total. The van der Waals surface area contributed by atoms with E-state index >= 15 is 0 Å². The molecule has 0 bridgehead atoms. The van der Waals surface area contributed by atoms with Gasteiger partial charge < -0.3 is 11.1 Å². The third-order valence-corrected chi connectivity index (χ3v) is 5.17. The molecule has 21 heavy (non-hydrogen) atoms. The van der Waals surface area contributed by atoms with Crippen LogP contribution in [0.25, 0.3) is 0 Å². The second-order valence-electron chi connectivity index (χ2n) is 4.34. The van der Waals surface area contributed by atoms with Gasteiger partial charge in [0.1, 0.15) is 0 Å². The summed E-state index contributed by atoms with van der Waals surface area (Å²) in [6.07, 6.45) is 0.785. The van der Waals surface area contributed by atoms with Crippen LogP contribution in [0.4, 0.5) is 0 Å². The van der Waals surface area contributed by atoms with Gasteiger partial charge >= 0.3 is 0 Å². The molecule has 6 heteroatoms. The van der Waals surface area contributed by atoms with Crippen LogP contribution in [0.2, 0.25) is 4.34 Å². The number of thiophene rings is 2. The maximum atomic E-state index is 12.1. The highest BCUT2D eigenvalue weighted by molar-refractivity contribution is 7.16. The van der Waals surface area contributed by atoms with Crippen molar-refractivity contribution in [2.24, 2.45) is 5.73 Å². The van der Waals surface area contributed by atoms with Gasteiger partial charge in [0, 0.05) is 11.4 Å². The Morgan fingerprint density at radius 2 is 2.24 bits per heavy atom. The van der Waals surface area contributed by atoms with Crippen molar-refractivity contribution in [3.63, 3.8) is 0 Å². The quantitative estimate of drug-likeness (QED) is 0.842. The highest BCUT2D eigenvalue weighted by Gasteiger charge is 2.11. The number of rotatable bonds is 4. The lowest BCUT2D eigenvalue weighted by molar-refractivity contribution is 0.0958. The van der Waals surface area contributed by atoms with E-state index in [0.29, 0.717) is 18.0 Å². The van der Waals surface area contributed by atoms with Crippen molar-refractivity contribution in [3.8, 4) is 11.8 Å². The van der Waals surface area contributed by atoms with Gasteiger partial charge in [0.2, 0.25) is 0 Å². The number of halogens is 1. The fourth-order valence-electron chi connectivity index (χ4n) is 1.72. The van der Waals surface area contributed by atoms with Crippen LogP contribution in [0.1, 0.15) is 25.0 Å². The first-order valence-corrected chi connectivity index (χ1v) is 8.43. The molecule has 110 valence electrons. The molecule has 0 aliphatic rings. The summed E-state index contributed by atoms with van der Waals surface area (Å²) in [7, 11) is 0. The molecule has 0 atom stereocenters. The minimum Gasteiger partial charge on any atom is -0.351 e. The molecule has 2 aromatic rings. The van der Waals surface area contributed by atoms with Crippen molar-refractivity contribution >= 4 is 40.2 Å². The van der Waals surface area contributed by atoms with Crippen molar-refractivity contribution in [2.75, 3.05) is 13.1 Å². The van der Waals surface area contributed by atoms with Crippen molar-refractivity contribution in [2.45, 2.75) is 13.3 Å². The normalized spacial score (nSPS) is 10.0. The second kappa shape index (κ2) is 7.62. The van der Waals surface area contributed by atoms with Crippen LogP contribution in [-0.2, 0) is 6.42 Å². The zero-order valence-electron chi connectivity index (χ0n) is 11.5. The van der Waals surface area contributed by atoms with E-state index in [1.807, 2.05) is 25.1 Å². The van der Waals surface area contributed by atoms with E-state index in [4.69, 9.17) is 17.3 Å². The lowest BCUT2D eigenvalue weighted by Crippen LogP contribution is -2.24. The Balaban J connectivity index is 1.91. The molecule has 0 saturated heterocycles. The minimum absolute atomic E-state index is 0.0634. The number of aryl methyl sites for hydroxylation is 1. The van der Waals surface area contributed by atoms with Crippen molar-refractivity contribution in [1.82, 2.24) is 5.32 Å². The number of carbonyl (C=O) groups is 1. The zero-order valence-corrected chi connectivity index (χ0v) is 13.9. The van der Waals surface area contributed by atoms with Crippen LogP contribution in [0, 0.1) is 18.8 Å². The van der Waals surface area contributed by atoms with Crippen LogP contribution < -0.4 is 11.1 Å². The number of nitrogens with two attached hydrogens (primary N) is 1. The molecule has 0 aliphatic heterocycles. The van der Waals surface area contributed by atoms with E-state index in [1.165, 1.54) is 22.7 Å². The first kappa shape index (κ1) is 16.1. The summed E-state index contributed by atoms with van der Waals surface area (Å²) in [6.45, 7) is 2.86. The van der Waals surface area contributed by atoms with Gasteiger partial charge in [0.15, 0.2) is 0 Å². The van der Waals surface area contributed by atoms with E-state index in [-0.39, 0.29) is 5.91 Å². The summed E-state index contributed by atoms with van der Waals surface area (Å²) in [4.78, 5) is 14.8. The van der Waals surface area contributed by atoms with Gasteiger partial charge in [-0.3, -0.25) is 4.79 Å². The highest BCUT2D eigenvalue weighted by atomic mass is 35.5. The van der Waals surface area contributed by atoms with Gasteiger partial charge in [-0.05, 0) is 37.1 Å². The molecule has 0 saturated carbocycles. The Labute approximate surface area is 137 Å². The molecule has 2 rings (SSSR count). The van der Waals surface area contributed by atoms with Crippen molar-refractivity contribution in [3.05, 3.63) is 42.7 Å². The summed E-state index contributed by atoms with van der Waals surface area (Å²) in [6, 6.07) is 5.71. The number of hydrogen-bond acceptors (Lipinski definition) is 4. The van der Waals surface area contributed by atoms with Gasteiger partial charge in [0.25, 0.3) is 5.91 Å². The predicted molar refractivity (Wildman–Crippen MR) is 90.4 cm³/mol. The Bertz CT molecular complexity index is 694. The van der Waals surface area contributed by atoms with Gasteiger partial charge in [-0.25, -0.2) is 0 Å². The summed E-state index contributed by atoms with van der Waals surface area (Å²) in [5.41, 5.74) is 6.37. The SMILES string of the molecule is Cc1cc(C(=O)NCCc2ccc(Cl)s2)sc1C#CCN. The van der Waals surface area contributed by atoms with Gasteiger partial charge in [0.05, 0.1) is 20.6 Å². The van der Waals surface area contributed by atoms with Crippen LogP contribution >= 0.6 is 34.3 Å². The molecule has 0 aliphatic carbocycles. The molecule has 0 radical (unpaired) electrons. The summed E-state index contributed by atoms with van der Waals surface area (Å²) < 4.78 is 0.772. The first-order chi connectivity index (χ1) is 10.1. The maximum Gasteiger partial charge on any atom is 0.261 e. The number of carbonyl (C=O) groups excluding carboxylic acids is 1. The summed E-state index contributed by atoms with van der Waals surface area (Å²) in [5, 5.41) is 2.92. The average molecular weight is 339 g/mol. The third kappa shape index (κ3) is 4.58. The van der Waals surface area contributed by atoms with E-state index in [1.54, 1.807) is 0 Å². The molecule has 2 aromatic heterocycles. The molecule has 0 fully saturated rings. The monoisotopic (exact) mass is 338 g/mol. The number of nitrogens with one attached hydrogen (secondary N) is 1. The Hall–Kier alpha value is -1.32. The highest BCUT2D eigenvalue weighted by Crippen LogP contribution is 2.22. The molecule has 3 nitrogen and oxygen atoms in total. The van der Waals surface area contributed by atoms with Crippen molar-refractivity contribution < 1.29 is 4.79 Å². The molecular weight excluding hydrogens is 324 g/mol. The largest absolute Gasteiger partial charge is 0.351 e. The predicted octanol–water partition coefficient (Wildman–Crippen LogP) is 3.05. The minimum atomic E-state index is -0.0634. The zero-order chi connectivity index (χ0) is 15.2. The lowest BCUT2D eigenvalue weighted by Gasteiger charge is -2.01. The Kier molecular flexibility index (Phi) is 5.83. The maximum absolute atomic E-state index is 12.1. The van der Waals surface area contributed by atoms with Crippen LogP contribution in [0.15, 0.2) is 18.2 Å². The van der Waals surface area contributed by atoms with E-state index < -0.39 is 0 Å². The summed E-state index contributed by atoms with van der Waals surface area (Å²) >= 11 is 8.81. The van der Waals surface area contributed by atoms with Crippen LogP contribution in [-0.4, -0.2) is 19.0 Å². The average Bonchev–Trinajstić information content (AvgIpc) is 3.03. The molecule has 0 unspecified atom stereocenters. The van der Waals surface area contributed by atoms with Crippen LogP contribution in [0.3, 0.4) is 0 Å². The molecule has 2 heterocycles. The first-order valence-electron chi connectivity index (χ1n) is 6.42. The Morgan fingerprint density at radius 3 is 2.90 bits per heavy atom.